The Labute approximate surface area is 180 Å². The van der Waals surface area contributed by atoms with Crippen LogP contribution in [0, 0.1) is 6.92 Å². The molecule has 0 atom stereocenters. The molecule has 4 N–H and O–H groups in total. The van der Waals surface area contributed by atoms with E-state index in [0.717, 1.165) is 39.7 Å². The van der Waals surface area contributed by atoms with Crippen LogP contribution in [-0.2, 0) is 6.54 Å². The fourth-order valence-corrected chi connectivity index (χ4v) is 3.43. The molecule has 0 amide bonds. The molecule has 4 rings (SSSR count). The maximum absolute atomic E-state index is 6.02. The molecule has 1 aromatic carbocycles. The Morgan fingerprint density at radius 3 is 2.35 bits per heavy atom. The Bertz CT molecular complexity index is 1200. The zero-order valence-corrected chi connectivity index (χ0v) is 17.9. The Morgan fingerprint density at radius 2 is 1.65 bits per heavy atom. The number of para-hydroxylation sites is 2. The molecule has 31 heavy (non-hydrogen) atoms. The molecule has 0 aliphatic rings. The highest BCUT2D eigenvalue weighted by atomic mass is 16.5. The average Bonchev–Trinajstić information content (AvgIpc) is 3.02. The minimum absolute atomic E-state index is 0.0727. The van der Waals surface area contributed by atoms with Gasteiger partial charge in [0.15, 0.2) is 17.1 Å². The number of anilines is 2. The third-order valence-corrected chi connectivity index (χ3v) is 4.73. The van der Waals surface area contributed by atoms with Gasteiger partial charge >= 0.3 is 0 Å². The first-order valence-electron chi connectivity index (χ1n) is 10.2. The van der Waals surface area contributed by atoms with Gasteiger partial charge in [-0.3, -0.25) is 0 Å². The van der Waals surface area contributed by atoms with Crippen molar-refractivity contribution in [3.05, 3.63) is 54.4 Å². The molecular weight excluding hydrogens is 392 g/mol. The summed E-state index contributed by atoms with van der Waals surface area (Å²) in [6.45, 7) is 6.98. The number of nitrogens with two attached hydrogens (primary N) is 2. The van der Waals surface area contributed by atoms with Gasteiger partial charge in [0.2, 0.25) is 0 Å². The quantitative estimate of drug-likeness (QED) is 0.469. The highest BCUT2D eigenvalue weighted by molar-refractivity contribution is 5.77. The summed E-state index contributed by atoms with van der Waals surface area (Å²) in [5.41, 5.74) is 14.9. The monoisotopic (exact) mass is 418 g/mol. The number of hydrogen-bond acceptors (Lipinski definition) is 7. The Kier molecular flexibility index (Phi) is 5.62. The molecule has 0 saturated heterocycles. The number of aromatic nitrogens is 4. The van der Waals surface area contributed by atoms with Crippen LogP contribution in [-0.4, -0.2) is 32.2 Å². The van der Waals surface area contributed by atoms with Gasteiger partial charge in [0.1, 0.15) is 29.6 Å². The molecule has 8 heteroatoms. The Hall–Kier alpha value is -3.81. The Morgan fingerprint density at radius 1 is 0.935 bits per heavy atom. The minimum atomic E-state index is 0.0727. The Balaban J connectivity index is 1.58. The van der Waals surface area contributed by atoms with Crippen molar-refractivity contribution in [1.82, 2.24) is 19.5 Å². The van der Waals surface area contributed by atoms with Crippen molar-refractivity contribution in [3.63, 3.8) is 0 Å². The maximum atomic E-state index is 6.02. The molecule has 0 bridgehead atoms. The van der Waals surface area contributed by atoms with Gasteiger partial charge in [-0.2, -0.15) is 0 Å². The summed E-state index contributed by atoms with van der Waals surface area (Å²) < 4.78 is 13.9. The highest BCUT2D eigenvalue weighted by Gasteiger charge is 2.12. The van der Waals surface area contributed by atoms with E-state index in [4.69, 9.17) is 25.9 Å². The van der Waals surface area contributed by atoms with Gasteiger partial charge in [0.05, 0.1) is 18.3 Å². The van der Waals surface area contributed by atoms with Crippen LogP contribution in [0.15, 0.2) is 48.5 Å². The van der Waals surface area contributed by atoms with Crippen molar-refractivity contribution in [2.75, 3.05) is 18.1 Å². The number of hydrogen-bond donors (Lipinski definition) is 2. The van der Waals surface area contributed by atoms with E-state index in [9.17, 15) is 0 Å². The molecule has 4 aromatic rings. The van der Waals surface area contributed by atoms with E-state index in [-0.39, 0.29) is 6.10 Å². The highest BCUT2D eigenvalue weighted by Crippen LogP contribution is 2.28. The number of fused-ring (bicyclic) bond motifs is 1. The molecule has 0 unspecified atom stereocenters. The average molecular weight is 419 g/mol. The summed E-state index contributed by atoms with van der Waals surface area (Å²) in [5, 5.41) is 0. The van der Waals surface area contributed by atoms with E-state index in [0.29, 0.717) is 24.8 Å². The van der Waals surface area contributed by atoms with Crippen LogP contribution < -0.4 is 20.9 Å². The summed E-state index contributed by atoms with van der Waals surface area (Å²) in [6.07, 6.45) is 0.0727. The number of nitrogen functional groups attached to an aromatic ring is 2. The predicted octanol–water partition coefficient (Wildman–Crippen LogP) is 3.83. The molecule has 8 nitrogen and oxygen atoms in total. The summed E-state index contributed by atoms with van der Waals surface area (Å²) in [7, 11) is 0. The number of benzene rings is 1. The molecule has 3 aromatic heterocycles. The van der Waals surface area contributed by atoms with Gasteiger partial charge in [-0.1, -0.05) is 12.1 Å². The molecule has 0 aliphatic carbocycles. The topological polar surface area (TPSA) is 114 Å². The van der Waals surface area contributed by atoms with Crippen molar-refractivity contribution in [1.29, 1.82) is 0 Å². The third kappa shape index (κ3) is 4.53. The van der Waals surface area contributed by atoms with Gasteiger partial charge < -0.3 is 25.5 Å². The van der Waals surface area contributed by atoms with Gasteiger partial charge in [-0.25, -0.2) is 15.0 Å². The number of nitrogens with zero attached hydrogens (tertiary/aromatic N) is 4. The normalized spacial score (nSPS) is 11.2. The lowest BCUT2D eigenvalue weighted by Gasteiger charge is -2.15. The second kappa shape index (κ2) is 8.51. The first-order valence-corrected chi connectivity index (χ1v) is 10.2. The molecule has 3 heterocycles. The molecule has 160 valence electrons. The van der Waals surface area contributed by atoms with Crippen LogP contribution in [0.4, 0.5) is 11.6 Å². The zero-order valence-electron chi connectivity index (χ0n) is 17.9. The summed E-state index contributed by atoms with van der Waals surface area (Å²) in [5.74, 6) is 3.03. The second-order valence-electron chi connectivity index (χ2n) is 7.52. The van der Waals surface area contributed by atoms with E-state index in [2.05, 4.69) is 9.97 Å². The van der Waals surface area contributed by atoms with Crippen LogP contribution in [0.3, 0.4) is 0 Å². The maximum Gasteiger partial charge on any atom is 0.161 e. The van der Waals surface area contributed by atoms with Crippen LogP contribution in [0.5, 0.6) is 11.5 Å². The first kappa shape index (κ1) is 20.5. The smallest absolute Gasteiger partial charge is 0.161 e. The van der Waals surface area contributed by atoms with Crippen LogP contribution in [0.25, 0.3) is 22.4 Å². The third-order valence-electron chi connectivity index (χ3n) is 4.73. The molecule has 0 radical (unpaired) electrons. The number of ether oxygens (including phenoxy) is 2. The SMILES string of the molecule is Cc1nc2ccc(-c3cc(N)nc(N)c3)nc2n1CCOc1ccccc1OC(C)C. The summed E-state index contributed by atoms with van der Waals surface area (Å²) in [4.78, 5) is 13.5. The van der Waals surface area contributed by atoms with Crippen LogP contribution in [0.1, 0.15) is 19.7 Å². The van der Waals surface area contributed by atoms with E-state index in [1.807, 2.05) is 61.7 Å². The predicted molar refractivity (Wildman–Crippen MR) is 122 cm³/mol. The molecule has 0 aliphatic heterocycles. The van der Waals surface area contributed by atoms with Crippen molar-refractivity contribution in [2.45, 2.75) is 33.4 Å². The van der Waals surface area contributed by atoms with Crippen molar-refractivity contribution >= 4 is 22.8 Å². The molecule has 0 fully saturated rings. The zero-order chi connectivity index (χ0) is 22.0. The van der Waals surface area contributed by atoms with Crippen molar-refractivity contribution in [3.8, 4) is 22.8 Å². The molecular formula is C23H26N6O2. The van der Waals surface area contributed by atoms with Crippen molar-refractivity contribution in [2.24, 2.45) is 0 Å². The van der Waals surface area contributed by atoms with Gasteiger partial charge in [-0.15, -0.1) is 0 Å². The van der Waals surface area contributed by atoms with E-state index >= 15 is 0 Å². The van der Waals surface area contributed by atoms with E-state index in [1.165, 1.54) is 0 Å². The van der Waals surface area contributed by atoms with Crippen molar-refractivity contribution < 1.29 is 9.47 Å². The van der Waals surface area contributed by atoms with Gasteiger partial charge in [-0.05, 0) is 57.2 Å². The first-order chi connectivity index (χ1) is 14.9. The van der Waals surface area contributed by atoms with Gasteiger partial charge in [0.25, 0.3) is 0 Å². The lowest BCUT2D eigenvalue weighted by Crippen LogP contribution is -2.12. The summed E-state index contributed by atoms with van der Waals surface area (Å²) in [6, 6.07) is 15.0. The van der Waals surface area contributed by atoms with Gasteiger partial charge in [0, 0.05) is 5.56 Å². The fourth-order valence-electron chi connectivity index (χ4n) is 3.43. The number of rotatable bonds is 7. The summed E-state index contributed by atoms with van der Waals surface area (Å²) >= 11 is 0. The second-order valence-corrected chi connectivity index (χ2v) is 7.52. The minimum Gasteiger partial charge on any atom is -0.488 e. The van der Waals surface area contributed by atoms with E-state index in [1.54, 1.807) is 12.1 Å². The number of imidazole rings is 1. The standard InChI is InChI=1S/C23H26N6O2/c1-14(2)31-20-7-5-4-6-19(20)30-11-10-29-15(3)26-18-9-8-17(27-23(18)29)16-12-21(24)28-22(25)13-16/h4-9,12-14H,10-11H2,1-3H3,(H4,24,25,28). The number of pyridine rings is 2. The molecule has 0 spiro atoms. The fraction of sp³-hybridized carbons (Fsp3) is 0.261. The molecule has 0 saturated carbocycles. The number of aryl methyl sites for hydroxylation is 1. The van der Waals surface area contributed by atoms with Crippen LogP contribution in [0.2, 0.25) is 0 Å². The lowest BCUT2D eigenvalue weighted by molar-refractivity contribution is 0.218. The van der Waals surface area contributed by atoms with E-state index < -0.39 is 0 Å². The van der Waals surface area contributed by atoms with Crippen LogP contribution >= 0.6 is 0 Å². The lowest BCUT2D eigenvalue weighted by atomic mass is 10.1. The largest absolute Gasteiger partial charge is 0.488 e.